The van der Waals surface area contributed by atoms with Crippen molar-refractivity contribution in [1.82, 2.24) is 25.2 Å². The van der Waals surface area contributed by atoms with E-state index in [1.165, 1.54) is 0 Å². The molecular formula is C27H28N6O2S. The average molecular weight is 501 g/mol. The summed E-state index contributed by atoms with van der Waals surface area (Å²) in [5.74, 6) is 0.400. The highest BCUT2D eigenvalue weighted by Gasteiger charge is 2.36. The lowest BCUT2D eigenvalue weighted by molar-refractivity contribution is -0.122. The van der Waals surface area contributed by atoms with Gasteiger partial charge in [-0.15, -0.1) is 11.3 Å². The van der Waals surface area contributed by atoms with E-state index in [1.807, 2.05) is 35.7 Å². The molecule has 2 N–H and O–H groups in total. The van der Waals surface area contributed by atoms with Crippen molar-refractivity contribution < 1.29 is 9.59 Å². The van der Waals surface area contributed by atoms with Crippen LogP contribution in [-0.2, 0) is 9.59 Å². The summed E-state index contributed by atoms with van der Waals surface area (Å²) in [5, 5.41) is 6.16. The zero-order valence-corrected chi connectivity index (χ0v) is 21.4. The Balaban J connectivity index is 1.47. The third kappa shape index (κ3) is 3.70. The summed E-state index contributed by atoms with van der Waals surface area (Å²) in [6.45, 7) is 3.98. The molecule has 4 aromatic rings. The van der Waals surface area contributed by atoms with E-state index < -0.39 is 11.8 Å². The van der Waals surface area contributed by atoms with E-state index in [2.05, 4.69) is 41.1 Å². The van der Waals surface area contributed by atoms with Gasteiger partial charge in [0.25, 0.3) is 11.8 Å². The maximum Gasteiger partial charge on any atom is 0.261 e. The van der Waals surface area contributed by atoms with Crippen LogP contribution >= 0.6 is 11.3 Å². The third-order valence-electron chi connectivity index (χ3n) is 7.65. The Hall–Kier alpha value is -3.56. The van der Waals surface area contributed by atoms with Crippen LogP contribution < -0.4 is 10.2 Å². The molecule has 0 radical (unpaired) electrons. The lowest BCUT2D eigenvalue weighted by atomic mass is 9.90. The average Bonchev–Trinajstić information content (AvgIpc) is 3.57. The first kappa shape index (κ1) is 22.9. The van der Waals surface area contributed by atoms with Crippen molar-refractivity contribution in [3.63, 3.8) is 0 Å². The predicted octanol–water partition coefficient (Wildman–Crippen LogP) is 3.91. The van der Waals surface area contributed by atoms with Gasteiger partial charge in [-0.05, 0) is 57.3 Å². The van der Waals surface area contributed by atoms with Gasteiger partial charge in [0.2, 0.25) is 5.95 Å². The molecule has 1 saturated heterocycles. The molecule has 1 aromatic carbocycles. The van der Waals surface area contributed by atoms with Gasteiger partial charge < -0.3 is 14.8 Å². The highest BCUT2D eigenvalue weighted by Crippen LogP contribution is 2.38. The Morgan fingerprint density at radius 2 is 1.78 bits per heavy atom. The number of piperidine rings is 1. The van der Waals surface area contributed by atoms with Crippen molar-refractivity contribution in [3.8, 4) is 0 Å². The summed E-state index contributed by atoms with van der Waals surface area (Å²) < 4.78 is 0. The fraction of sp³-hybridized carbons (Fsp3) is 0.333. The lowest BCUT2D eigenvalue weighted by Crippen LogP contribution is -2.42. The summed E-state index contributed by atoms with van der Waals surface area (Å²) in [7, 11) is 4.26. The smallest absolute Gasteiger partial charge is 0.261 e. The van der Waals surface area contributed by atoms with E-state index in [4.69, 9.17) is 9.97 Å². The molecule has 0 saturated carbocycles. The van der Waals surface area contributed by atoms with E-state index in [0.29, 0.717) is 40.3 Å². The molecule has 9 heteroatoms. The largest absolute Gasteiger partial charge is 0.352 e. The molecule has 0 aliphatic carbocycles. The topological polar surface area (TPSA) is 94.2 Å². The van der Waals surface area contributed by atoms with Crippen LogP contribution in [0.4, 0.5) is 5.95 Å². The number of benzene rings is 1. The van der Waals surface area contributed by atoms with E-state index >= 15 is 0 Å². The summed E-state index contributed by atoms with van der Waals surface area (Å²) in [6.07, 6.45) is 3.91. The van der Waals surface area contributed by atoms with Gasteiger partial charge in [-0.3, -0.25) is 14.9 Å². The zero-order valence-electron chi connectivity index (χ0n) is 20.5. The van der Waals surface area contributed by atoms with Gasteiger partial charge in [0.15, 0.2) is 0 Å². The number of anilines is 1. The second-order valence-electron chi connectivity index (χ2n) is 9.82. The number of aromatic nitrogens is 3. The molecular weight excluding hydrogens is 472 g/mol. The van der Waals surface area contributed by atoms with Crippen LogP contribution in [0.15, 0.2) is 41.9 Å². The van der Waals surface area contributed by atoms with Crippen molar-refractivity contribution >= 4 is 61.4 Å². The number of imide groups is 1. The van der Waals surface area contributed by atoms with Gasteiger partial charge in [-0.25, -0.2) is 9.97 Å². The Morgan fingerprint density at radius 3 is 2.56 bits per heavy atom. The van der Waals surface area contributed by atoms with Crippen molar-refractivity contribution in [2.45, 2.75) is 25.8 Å². The van der Waals surface area contributed by atoms with Crippen LogP contribution in [0.5, 0.6) is 0 Å². The Morgan fingerprint density at radius 1 is 1.03 bits per heavy atom. The molecule has 0 spiro atoms. The molecule has 2 aliphatic heterocycles. The minimum absolute atomic E-state index is 0.308. The Bertz CT molecular complexity index is 1530. The van der Waals surface area contributed by atoms with Gasteiger partial charge in [-0.2, -0.15) is 0 Å². The van der Waals surface area contributed by atoms with Gasteiger partial charge >= 0.3 is 0 Å². The molecule has 6 rings (SSSR count). The number of nitrogens with zero attached hydrogens (tertiary/aromatic N) is 4. The third-order valence-corrected chi connectivity index (χ3v) is 8.50. The van der Waals surface area contributed by atoms with Crippen LogP contribution in [0.3, 0.4) is 0 Å². The SMILES string of the molecule is CC(C1CCN(c2nc(C3=C(c4c[nH]c5sccc45)C(=O)NC3=O)c3ccccc3n2)CC1)N(C)C. The molecule has 0 bridgehead atoms. The Kier molecular flexibility index (Phi) is 5.61. The second-order valence-corrected chi connectivity index (χ2v) is 10.7. The van der Waals surface area contributed by atoms with Crippen molar-refractivity contribution in [2.24, 2.45) is 5.92 Å². The first-order valence-electron chi connectivity index (χ1n) is 12.3. The second kappa shape index (κ2) is 8.83. The van der Waals surface area contributed by atoms with Crippen molar-refractivity contribution in [3.05, 3.63) is 53.2 Å². The number of H-pyrrole nitrogens is 1. The number of carbonyl (C=O) groups excluding carboxylic acids is 2. The molecule has 2 aliphatic rings. The van der Waals surface area contributed by atoms with E-state index in [-0.39, 0.29) is 0 Å². The Labute approximate surface area is 213 Å². The number of hydrogen-bond acceptors (Lipinski definition) is 7. The van der Waals surface area contributed by atoms with Crippen LogP contribution in [0.25, 0.3) is 32.3 Å². The number of rotatable bonds is 5. The van der Waals surface area contributed by atoms with Crippen molar-refractivity contribution in [2.75, 3.05) is 32.1 Å². The molecule has 3 aromatic heterocycles. The van der Waals surface area contributed by atoms with Crippen LogP contribution in [0, 0.1) is 5.92 Å². The fourth-order valence-corrected chi connectivity index (χ4v) is 6.17. The number of fused-ring (bicyclic) bond motifs is 2. The first-order chi connectivity index (χ1) is 17.4. The molecule has 36 heavy (non-hydrogen) atoms. The number of amides is 2. The van der Waals surface area contributed by atoms with Crippen LogP contribution in [0.1, 0.15) is 31.0 Å². The molecule has 1 unspecified atom stereocenters. The van der Waals surface area contributed by atoms with Crippen LogP contribution in [-0.4, -0.2) is 64.9 Å². The summed E-state index contributed by atoms with van der Waals surface area (Å²) in [6, 6.07) is 10.2. The summed E-state index contributed by atoms with van der Waals surface area (Å²) >= 11 is 1.56. The number of para-hydroxylation sites is 1. The normalized spacial score (nSPS) is 18.2. The van der Waals surface area contributed by atoms with Gasteiger partial charge in [0, 0.05) is 41.7 Å². The van der Waals surface area contributed by atoms with Gasteiger partial charge in [0.1, 0.15) is 4.83 Å². The minimum Gasteiger partial charge on any atom is -0.352 e. The van der Waals surface area contributed by atoms with E-state index in [0.717, 1.165) is 47.1 Å². The fourth-order valence-electron chi connectivity index (χ4n) is 5.39. The predicted molar refractivity (Wildman–Crippen MR) is 144 cm³/mol. The van der Waals surface area contributed by atoms with Crippen LogP contribution in [0.2, 0.25) is 0 Å². The van der Waals surface area contributed by atoms with E-state index in [9.17, 15) is 9.59 Å². The molecule has 184 valence electrons. The summed E-state index contributed by atoms with van der Waals surface area (Å²) in [5.41, 5.74) is 2.64. The monoisotopic (exact) mass is 500 g/mol. The standard InChI is InChI=1S/C27H28N6O2S/c1-15(32(2)3)16-8-11-33(12-9-16)27-29-20-7-5-4-6-18(20)23(30-27)22-21(24(34)31-25(22)35)19-14-28-26-17(19)10-13-36-26/h4-7,10,13-16,28H,8-9,11-12H2,1-3H3,(H,31,34,35). The summed E-state index contributed by atoms with van der Waals surface area (Å²) in [4.78, 5) is 44.7. The number of thiophene rings is 1. The van der Waals surface area contributed by atoms with Gasteiger partial charge in [-0.1, -0.05) is 18.2 Å². The highest BCUT2D eigenvalue weighted by molar-refractivity contribution is 7.16. The highest BCUT2D eigenvalue weighted by atomic mass is 32.1. The maximum absolute atomic E-state index is 13.2. The van der Waals surface area contributed by atoms with Crippen molar-refractivity contribution in [1.29, 1.82) is 0 Å². The van der Waals surface area contributed by atoms with Gasteiger partial charge in [0.05, 0.1) is 22.4 Å². The first-order valence-corrected chi connectivity index (χ1v) is 13.1. The number of nitrogens with one attached hydrogen (secondary N) is 2. The quantitative estimate of drug-likeness (QED) is 0.404. The minimum atomic E-state index is -0.423. The lowest BCUT2D eigenvalue weighted by Gasteiger charge is -2.37. The molecule has 8 nitrogen and oxygen atoms in total. The maximum atomic E-state index is 13.2. The molecule has 5 heterocycles. The molecule has 2 amide bonds. The number of aromatic amines is 1. The van der Waals surface area contributed by atoms with E-state index in [1.54, 1.807) is 17.5 Å². The zero-order chi connectivity index (χ0) is 25.0. The molecule has 1 fully saturated rings. The number of carbonyl (C=O) groups is 2. The number of hydrogen-bond donors (Lipinski definition) is 2. The molecule has 1 atom stereocenters.